The summed E-state index contributed by atoms with van der Waals surface area (Å²) >= 11 is 1.33. The van der Waals surface area contributed by atoms with E-state index in [4.69, 9.17) is 14.2 Å². The van der Waals surface area contributed by atoms with Crippen molar-refractivity contribution in [1.82, 2.24) is 4.90 Å². The number of ketones is 1. The van der Waals surface area contributed by atoms with Crippen molar-refractivity contribution in [2.24, 2.45) is 0 Å². The fourth-order valence-corrected chi connectivity index (χ4v) is 5.77. The number of carbonyl (C=O) groups is 4. The quantitative estimate of drug-likeness (QED) is 0.290. The number of para-hydroxylation sites is 1. The average Bonchev–Trinajstić information content (AvgIpc) is 3.75. The Labute approximate surface area is 245 Å². The second-order valence-electron chi connectivity index (χ2n) is 9.58. The molecule has 0 radical (unpaired) electrons. The maximum Gasteiger partial charge on any atom is 0.299 e. The van der Waals surface area contributed by atoms with E-state index in [1.54, 1.807) is 86.0 Å². The van der Waals surface area contributed by atoms with Gasteiger partial charge in [0.1, 0.15) is 18.3 Å². The number of methoxy groups -OCH3 is 1. The SMILES string of the molecule is COc1ccc(CN(C(=O)CN2C(=O)C(=O)c3ccccc32)[C@@H](C(=O)Nc2ccc3c(c2)OCO3)c2cccs2)cc1. The van der Waals surface area contributed by atoms with Gasteiger partial charge in [0.05, 0.1) is 18.4 Å². The van der Waals surface area contributed by atoms with Gasteiger partial charge in [-0.15, -0.1) is 11.3 Å². The molecule has 11 heteroatoms. The van der Waals surface area contributed by atoms with Crippen LogP contribution >= 0.6 is 11.3 Å². The van der Waals surface area contributed by atoms with Crippen LogP contribution in [0.3, 0.4) is 0 Å². The zero-order chi connectivity index (χ0) is 29.2. The lowest BCUT2D eigenvalue weighted by Crippen LogP contribution is -2.46. The Hall–Kier alpha value is -5.16. The maximum atomic E-state index is 14.1. The lowest BCUT2D eigenvalue weighted by atomic mass is 10.1. The van der Waals surface area contributed by atoms with Crippen LogP contribution in [-0.4, -0.2) is 48.9 Å². The predicted molar refractivity (Wildman–Crippen MR) is 155 cm³/mol. The highest BCUT2D eigenvalue weighted by atomic mass is 32.1. The van der Waals surface area contributed by atoms with Crippen molar-refractivity contribution in [3.8, 4) is 17.2 Å². The number of hydrogen-bond donors (Lipinski definition) is 1. The van der Waals surface area contributed by atoms with E-state index in [9.17, 15) is 19.2 Å². The number of thiophene rings is 1. The van der Waals surface area contributed by atoms with Crippen LogP contribution in [0.4, 0.5) is 11.4 Å². The molecule has 0 saturated heterocycles. The van der Waals surface area contributed by atoms with Gasteiger partial charge in [-0.2, -0.15) is 0 Å². The molecule has 3 aromatic carbocycles. The number of anilines is 2. The Bertz CT molecular complexity index is 1670. The van der Waals surface area contributed by atoms with Gasteiger partial charge in [0.25, 0.3) is 17.6 Å². The Morgan fingerprint density at radius 2 is 1.79 bits per heavy atom. The molecule has 0 bridgehead atoms. The molecule has 3 amide bonds. The molecule has 0 aliphatic carbocycles. The summed E-state index contributed by atoms with van der Waals surface area (Å²) in [5, 5.41) is 4.73. The summed E-state index contributed by atoms with van der Waals surface area (Å²) in [6.45, 7) is -0.274. The van der Waals surface area contributed by atoms with Crippen molar-refractivity contribution in [1.29, 1.82) is 0 Å². The van der Waals surface area contributed by atoms with Crippen molar-refractivity contribution < 1.29 is 33.4 Å². The molecule has 1 atom stereocenters. The lowest BCUT2D eigenvalue weighted by molar-refractivity contribution is -0.138. The number of nitrogens with one attached hydrogen (secondary N) is 1. The Balaban J connectivity index is 1.35. The van der Waals surface area contributed by atoms with Crippen LogP contribution < -0.4 is 24.4 Å². The van der Waals surface area contributed by atoms with Gasteiger partial charge in [-0.3, -0.25) is 24.1 Å². The largest absolute Gasteiger partial charge is 0.497 e. The third-order valence-electron chi connectivity index (χ3n) is 7.02. The number of Topliss-reactive ketones (excluding diaryl/α,β-unsaturated/α-hetero) is 1. The van der Waals surface area contributed by atoms with Gasteiger partial charge < -0.3 is 24.4 Å². The number of nitrogens with zero attached hydrogens (tertiary/aromatic N) is 2. The number of fused-ring (bicyclic) bond motifs is 2. The molecule has 42 heavy (non-hydrogen) atoms. The number of benzene rings is 3. The van der Waals surface area contributed by atoms with Crippen LogP contribution in [0.2, 0.25) is 0 Å². The second kappa shape index (κ2) is 11.4. The van der Waals surface area contributed by atoms with E-state index in [2.05, 4.69) is 5.32 Å². The van der Waals surface area contributed by atoms with Crippen LogP contribution in [-0.2, 0) is 20.9 Å². The van der Waals surface area contributed by atoms with Gasteiger partial charge in [-0.1, -0.05) is 30.3 Å². The summed E-state index contributed by atoms with van der Waals surface area (Å²) in [7, 11) is 1.56. The van der Waals surface area contributed by atoms with Gasteiger partial charge in [-0.05, 0) is 53.4 Å². The number of amides is 3. The first-order valence-corrected chi connectivity index (χ1v) is 13.9. The molecule has 0 fully saturated rings. The van der Waals surface area contributed by atoms with Crippen molar-refractivity contribution in [2.45, 2.75) is 12.6 Å². The monoisotopic (exact) mass is 583 g/mol. The van der Waals surface area contributed by atoms with Crippen LogP contribution in [0, 0.1) is 0 Å². The molecular weight excluding hydrogens is 558 g/mol. The highest BCUT2D eigenvalue weighted by Gasteiger charge is 2.39. The molecule has 0 saturated carbocycles. The summed E-state index contributed by atoms with van der Waals surface area (Å²) in [5.41, 5.74) is 1.82. The standard InChI is InChI=1S/C31H25N3O7S/c1-39-21-11-8-19(9-12-21)16-34(27(35)17-33-23-6-3-2-5-22(23)29(36)31(33)38)28(26-7-4-14-42-26)30(37)32-20-10-13-24-25(15-20)41-18-40-24/h2-15,28H,16-18H2,1H3,(H,32,37)/t28-/m1/s1. The van der Waals surface area contributed by atoms with Gasteiger partial charge >= 0.3 is 0 Å². The fraction of sp³-hybridized carbons (Fsp3) is 0.161. The second-order valence-corrected chi connectivity index (χ2v) is 10.6. The van der Waals surface area contributed by atoms with Crippen LogP contribution in [0.5, 0.6) is 17.2 Å². The molecule has 1 N–H and O–H groups in total. The normalized spacial score (nSPS) is 14.0. The smallest absolute Gasteiger partial charge is 0.299 e. The van der Waals surface area contributed by atoms with Crippen LogP contribution in [0.25, 0.3) is 0 Å². The van der Waals surface area contributed by atoms with Crippen molar-refractivity contribution in [2.75, 3.05) is 30.7 Å². The number of rotatable bonds is 9. The molecule has 4 aromatic rings. The van der Waals surface area contributed by atoms with E-state index in [0.29, 0.717) is 33.5 Å². The minimum Gasteiger partial charge on any atom is -0.497 e. The van der Waals surface area contributed by atoms with Gasteiger partial charge in [0.15, 0.2) is 11.5 Å². The summed E-state index contributed by atoms with van der Waals surface area (Å²) < 4.78 is 16.1. The Morgan fingerprint density at radius 3 is 2.55 bits per heavy atom. The summed E-state index contributed by atoms with van der Waals surface area (Å²) in [6.07, 6.45) is 0. The third kappa shape index (κ3) is 5.17. The molecule has 2 aliphatic rings. The summed E-state index contributed by atoms with van der Waals surface area (Å²) in [4.78, 5) is 56.8. The molecule has 0 spiro atoms. The summed E-state index contributed by atoms with van der Waals surface area (Å²) in [6, 6.07) is 21.3. The van der Waals surface area contributed by atoms with E-state index in [1.165, 1.54) is 21.1 Å². The molecule has 10 nitrogen and oxygen atoms in total. The zero-order valence-electron chi connectivity index (χ0n) is 22.4. The molecule has 2 aliphatic heterocycles. The van der Waals surface area contributed by atoms with Crippen molar-refractivity contribution >= 4 is 46.2 Å². The summed E-state index contributed by atoms with van der Waals surface area (Å²) in [5.74, 6) is -0.705. The minimum absolute atomic E-state index is 0.0532. The molecule has 0 unspecified atom stereocenters. The zero-order valence-corrected chi connectivity index (χ0v) is 23.3. The maximum absolute atomic E-state index is 14.1. The van der Waals surface area contributed by atoms with Gasteiger partial charge in [-0.25, -0.2) is 0 Å². The number of hydrogen-bond acceptors (Lipinski definition) is 8. The van der Waals surface area contributed by atoms with Crippen molar-refractivity contribution in [3.05, 3.63) is 100 Å². The van der Waals surface area contributed by atoms with E-state index < -0.39 is 36.1 Å². The first-order valence-electron chi connectivity index (χ1n) is 13.0. The number of ether oxygens (including phenoxy) is 3. The van der Waals surface area contributed by atoms with Crippen molar-refractivity contribution in [3.63, 3.8) is 0 Å². The van der Waals surface area contributed by atoms with E-state index in [0.717, 1.165) is 5.56 Å². The van der Waals surface area contributed by atoms with E-state index >= 15 is 0 Å². The highest BCUT2D eigenvalue weighted by Crippen LogP contribution is 2.36. The molecule has 212 valence electrons. The van der Waals surface area contributed by atoms with Gasteiger partial charge in [0.2, 0.25) is 12.7 Å². The van der Waals surface area contributed by atoms with Gasteiger partial charge in [0, 0.05) is 23.2 Å². The van der Waals surface area contributed by atoms with Crippen LogP contribution in [0.1, 0.15) is 26.8 Å². The number of carbonyl (C=O) groups excluding carboxylic acids is 4. The highest BCUT2D eigenvalue weighted by molar-refractivity contribution is 7.10. The third-order valence-corrected chi connectivity index (χ3v) is 7.94. The first kappa shape index (κ1) is 27.0. The minimum atomic E-state index is -1.05. The first-order chi connectivity index (χ1) is 20.4. The Morgan fingerprint density at radius 1 is 1.00 bits per heavy atom. The average molecular weight is 584 g/mol. The van der Waals surface area contributed by atoms with E-state index in [1.807, 2.05) is 5.38 Å². The topological polar surface area (TPSA) is 114 Å². The molecule has 3 heterocycles. The fourth-order valence-electron chi connectivity index (χ4n) is 4.94. The molecular formula is C31H25N3O7S. The molecule has 6 rings (SSSR count). The van der Waals surface area contributed by atoms with Crippen LogP contribution in [0.15, 0.2) is 84.2 Å². The molecule has 1 aromatic heterocycles. The van der Waals surface area contributed by atoms with E-state index in [-0.39, 0.29) is 18.9 Å². The lowest BCUT2D eigenvalue weighted by Gasteiger charge is -2.32. The Kier molecular flexibility index (Phi) is 7.32. The predicted octanol–water partition coefficient (Wildman–Crippen LogP) is 4.42.